The maximum absolute atomic E-state index is 11.4. The van der Waals surface area contributed by atoms with Crippen LogP contribution in [0, 0.1) is 5.92 Å². The van der Waals surface area contributed by atoms with Crippen LogP contribution >= 0.6 is 0 Å². The Morgan fingerprint density at radius 1 is 0.815 bits per heavy atom. The zero-order valence-electron chi connectivity index (χ0n) is 18.4. The van der Waals surface area contributed by atoms with Crippen molar-refractivity contribution in [2.75, 3.05) is 6.61 Å². The molecule has 0 aromatic rings. The number of hydrogen-bond acceptors (Lipinski definition) is 2. The van der Waals surface area contributed by atoms with Crippen LogP contribution in [-0.4, -0.2) is 23.8 Å². The van der Waals surface area contributed by atoms with Gasteiger partial charge in [0.15, 0.2) is 0 Å². The van der Waals surface area contributed by atoms with Gasteiger partial charge in [0.05, 0.1) is 12.0 Å². The van der Waals surface area contributed by atoms with Crippen molar-refractivity contribution >= 4 is 5.97 Å². The number of carbonyl (C=O) groups is 1. The zero-order chi connectivity index (χ0) is 20.2. The molecule has 0 radical (unpaired) electrons. The lowest BCUT2D eigenvalue weighted by Crippen LogP contribution is -2.28. The first-order chi connectivity index (χ1) is 13.1. The Kier molecular flexibility index (Phi) is 19.3. The summed E-state index contributed by atoms with van der Waals surface area (Å²) < 4.78 is 5.69. The topological polar surface area (TPSA) is 46.5 Å². The third-order valence-corrected chi connectivity index (χ3v) is 5.29. The van der Waals surface area contributed by atoms with Crippen LogP contribution in [0.1, 0.15) is 117 Å². The van der Waals surface area contributed by atoms with Gasteiger partial charge in [-0.2, -0.15) is 0 Å². The normalized spacial score (nSPS) is 13.9. The SMILES string of the molecule is CCCCCCCC/C=C\CCCCCCC(C(=O)O)C(C)OCCCC. The molecule has 0 spiro atoms. The summed E-state index contributed by atoms with van der Waals surface area (Å²) in [5.41, 5.74) is 0. The number of aliphatic carboxylic acids is 1. The highest BCUT2D eigenvalue weighted by molar-refractivity contribution is 5.70. The summed E-state index contributed by atoms with van der Waals surface area (Å²) in [5.74, 6) is -1.07. The van der Waals surface area contributed by atoms with E-state index in [9.17, 15) is 9.90 Å². The average molecular weight is 383 g/mol. The molecule has 0 amide bonds. The summed E-state index contributed by atoms with van der Waals surface area (Å²) in [6, 6.07) is 0. The molecule has 0 saturated heterocycles. The number of allylic oxidation sites excluding steroid dienone is 2. The summed E-state index contributed by atoms with van der Waals surface area (Å²) in [6.45, 7) is 6.96. The minimum Gasteiger partial charge on any atom is -0.481 e. The second kappa shape index (κ2) is 19.9. The predicted octanol–water partition coefficient (Wildman–Crippen LogP) is 7.54. The molecular weight excluding hydrogens is 336 g/mol. The highest BCUT2D eigenvalue weighted by atomic mass is 16.5. The van der Waals surface area contributed by atoms with Gasteiger partial charge in [-0.15, -0.1) is 0 Å². The van der Waals surface area contributed by atoms with Gasteiger partial charge in [-0.3, -0.25) is 4.79 Å². The molecule has 27 heavy (non-hydrogen) atoms. The van der Waals surface area contributed by atoms with E-state index in [1.165, 1.54) is 57.8 Å². The van der Waals surface area contributed by atoms with Crippen molar-refractivity contribution in [3.05, 3.63) is 12.2 Å². The molecule has 0 aliphatic heterocycles. The van der Waals surface area contributed by atoms with E-state index in [0.29, 0.717) is 6.61 Å². The maximum atomic E-state index is 11.4. The Hall–Kier alpha value is -0.830. The van der Waals surface area contributed by atoms with Crippen molar-refractivity contribution in [3.8, 4) is 0 Å². The van der Waals surface area contributed by atoms with Crippen LogP contribution in [-0.2, 0) is 9.53 Å². The molecule has 3 heteroatoms. The van der Waals surface area contributed by atoms with Crippen molar-refractivity contribution < 1.29 is 14.6 Å². The Morgan fingerprint density at radius 2 is 1.33 bits per heavy atom. The molecule has 0 aromatic heterocycles. The van der Waals surface area contributed by atoms with E-state index in [1.54, 1.807) is 0 Å². The lowest BCUT2D eigenvalue weighted by atomic mass is 9.96. The average Bonchev–Trinajstić information content (AvgIpc) is 2.64. The third kappa shape index (κ3) is 17.0. The molecular formula is C24H46O3. The van der Waals surface area contributed by atoms with E-state index in [4.69, 9.17) is 4.74 Å². The van der Waals surface area contributed by atoms with Crippen molar-refractivity contribution in [2.45, 2.75) is 123 Å². The smallest absolute Gasteiger partial charge is 0.309 e. The van der Waals surface area contributed by atoms with E-state index in [2.05, 4.69) is 26.0 Å². The van der Waals surface area contributed by atoms with E-state index in [-0.39, 0.29) is 12.0 Å². The number of rotatable bonds is 20. The molecule has 3 nitrogen and oxygen atoms in total. The minimum atomic E-state index is -0.711. The molecule has 0 bridgehead atoms. The lowest BCUT2D eigenvalue weighted by Gasteiger charge is -2.20. The van der Waals surface area contributed by atoms with Crippen LogP contribution in [0.2, 0.25) is 0 Å². The van der Waals surface area contributed by atoms with Crippen LogP contribution in [0.25, 0.3) is 0 Å². The number of unbranched alkanes of at least 4 members (excludes halogenated alkanes) is 11. The van der Waals surface area contributed by atoms with E-state index in [1.807, 2.05) is 6.92 Å². The van der Waals surface area contributed by atoms with Crippen molar-refractivity contribution in [1.82, 2.24) is 0 Å². The zero-order valence-corrected chi connectivity index (χ0v) is 18.4. The van der Waals surface area contributed by atoms with E-state index in [0.717, 1.165) is 38.5 Å². The fourth-order valence-electron chi connectivity index (χ4n) is 3.35. The van der Waals surface area contributed by atoms with Crippen LogP contribution in [0.15, 0.2) is 12.2 Å². The Labute approximate surface area is 169 Å². The first-order valence-corrected chi connectivity index (χ1v) is 11.6. The van der Waals surface area contributed by atoms with Crippen LogP contribution in [0.5, 0.6) is 0 Å². The summed E-state index contributed by atoms with van der Waals surface area (Å²) in [6.07, 6.45) is 22.4. The molecule has 0 rings (SSSR count). The molecule has 0 aromatic carbocycles. The van der Waals surface area contributed by atoms with Crippen molar-refractivity contribution in [1.29, 1.82) is 0 Å². The standard InChI is InChI=1S/C24H46O3/c1-4-6-8-9-10-11-12-13-14-15-16-17-18-19-20-23(24(25)26)22(3)27-21-7-5-2/h13-14,22-23H,4-12,15-21H2,1-3H3,(H,25,26)/b14-13-. The molecule has 2 atom stereocenters. The Bertz CT molecular complexity index is 352. The summed E-state index contributed by atoms with van der Waals surface area (Å²) in [4.78, 5) is 11.4. The maximum Gasteiger partial charge on any atom is 0.309 e. The number of carboxylic acids is 1. The van der Waals surface area contributed by atoms with E-state index < -0.39 is 5.97 Å². The molecule has 0 aliphatic carbocycles. The lowest BCUT2D eigenvalue weighted by molar-refractivity contribution is -0.147. The van der Waals surface area contributed by atoms with Gasteiger partial charge in [0.1, 0.15) is 0 Å². The van der Waals surface area contributed by atoms with Crippen LogP contribution in [0.3, 0.4) is 0 Å². The molecule has 0 aliphatic rings. The van der Waals surface area contributed by atoms with Gasteiger partial charge < -0.3 is 9.84 Å². The van der Waals surface area contributed by atoms with Crippen molar-refractivity contribution in [2.24, 2.45) is 5.92 Å². The first-order valence-electron chi connectivity index (χ1n) is 11.6. The summed E-state index contributed by atoms with van der Waals surface area (Å²) >= 11 is 0. The van der Waals surface area contributed by atoms with Gasteiger partial charge in [-0.1, -0.05) is 83.8 Å². The molecule has 2 unspecified atom stereocenters. The highest BCUT2D eigenvalue weighted by Crippen LogP contribution is 2.18. The largest absolute Gasteiger partial charge is 0.481 e. The van der Waals surface area contributed by atoms with Gasteiger partial charge in [0, 0.05) is 6.61 Å². The Morgan fingerprint density at radius 3 is 1.89 bits per heavy atom. The van der Waals surface area contributed by atoms with Gasteiger partial charge in [-0.25, -0.2) is 0 Å². The van der Waals surface area contributed by atoms with Crippen LogP contribution in [0.4, 0.5) is 0 Å². The highest BCUT2D eigenvalue weighted by Gasteiger charge is 2.24. The quantitative estimate of drug-likeness (QED) is 0.175. The van der Waals surface area contributed by atoms with Gasteiger partial charge >= 0.3 is 5.97 Å². The second-order valence-electron chi connectivity index (χ2n) is 7.89. The summed E-state index contributed by atoms with van der Waals surface area (Å²) in [5, 5.41) is 9.41. The monoisotopic (exact) mass is 382 g/mol. The number of ether oxygens (including phenoxy) is 1. The summed E-state index contributed by atoms with van der Waals surface area (Å²) in [7, 11) is 0. The fraction of sp³-hybridized carbons (Fsp3) is 0.875. The first kappa shape index (κ1) is 26.2. The molecule has 1 N–H and O–H groups in total. The fourth-order valence-corrected chi connectivity index (χ4v) is 3.35. The predicted molar refractivity (Wildman–Crippen MR) is 116 cm³/mol. The third-order valence-electron chi connectivity index (χ3n) is 5.29. The second-order valence-corrected chi connectivity index (χ2v) is 7.89. The van der Waals surface area contributed by atoms with Gasteiger partial charge in [0.2, 0.25) is 0 Å². The van der Waals surface area contributed by atoms with Gasteiger partial charge in [-0.05, 0) is 45.4 Å². The van der Waals surface area contributed by atoms with Crippen molar-refractivity contribution in [3.63, 3.8) is 0 Å². The van der Waals surface area contributed by atoms with E-state index >= 15 is 0 Å². The van der Waals surface area contributed by atoms with Crippen LogP contribution < -0.4 is 0 Å². The number of carboxylic acid groups (broad SMARTS) is 1. The molecule has 0 heterocycles. The van der Waals surface area contributed by atoms with Gasteiger partial charge in [0.25, 0.3) is 0 Å². The molecule has 160 valence electrons. The minimum absolute atomic E-state index is 0.182. The molecule has 0 fully saturated rings. The number of hydrogen-bond donors (Lipinski definition) is 1. The molecule has 0 saturated carbocycles. The Balaban J connectivity index is 3.59.